The van der Waals surface area contributed by atoms with Crippen molar-refractivity contribution < 1.29 is 5.11 Å². The largest absolute Gasteiger partial charge is 0.494 e. The van der Waals surface area contributed by atoms with Gasteiger partial charge in [-0.2, -0.15) is 0 Å². The molecule has 2 N–H and O–H groups in total. The number of hydrogen-bond donors (Lipinski definition) is 2. The van der Waals surface area contributed by atoms with Gasteiger partial charge in [0, 0.05) is 5.02 Å². The van der Waals surface area contributed by atoms with Crippen LogP contribution in [-0.2, 0) is 0 Å². The molecule has 0 saturated carbocycles. The van der Waals surface area contributed by atoms with E-state index in [2.05, 4.69) is 4.98 Å². The predicted molar refractivity (Wildman–Crippen MR) is 87.8 cm³/mol. The van der Waals surface area contributed by atoms with E-state index in [1.807, 2.05) is 13.8 Å². The van der Waals surface area contributed by atoms with Crippen molar-refractivity contribution in [2.75, 3.05) is 0 Å². The van der Waals surface area contributed by atoms with E-state index in [0.717, 1.165) is 12.0 Å². The summed E-state index contributed by atoms with van der Waals surface area (Å²) < 4.78 is 1.54. The quantitative estimate of drug-likeness (QED) is 0.837. The highest BCUT2D eigenvalue weighted by Gasteiger charge is 2.12. The lowest BCUT2D eigenvalue weighted by atomic mass is 10.1. The number of aromatic amines is 1. The summed E-state index contributed by atoms with van der Waals surface area (Å²) in [5.41, 5.74) is 1.39. The van der Waals surface area contributed by atoms with Gasteiger partial charge < -0.3 is 5.11 Å². The summed E-state index contributed by atoms with van der Waals surface area (Å²) in [6.07, 6.45) is 2.45. The molecule has 2 rings (SSSR count). The van der Waals surface area contributed by atoms with Crippen molar-refractivity contribution >= 4 is 29.9 Å². The predicted octanol–water partition coefficient (Wildman–Crippen LogP) is 4.07. The van der Waals surface area contributed by atoms with Crippen molar-refractivity contribution in [3.63, 3.8) is 0 Å². The molecule has 110 valence electrons. The van der Waals surface area contributed by atoms with Gasteiger partial charge in [-0.1, -0.05) is 24.1 Å². The molecule has 0 aliphatic heterocycles. The summed E-state index contributed by atoms with van der Waals surface area (Å²) >= 11 is 11.0. The smallest absolute Gasteiger partial charge is 0.262 e. The maximum atomic E-state index is 12.0. The standard InChI is InChI=1S/C15H15ClN2O2S/c1-3-9(2)8-12-13(19)17-15(21)18(14(12)20)11-6-4-10(16)5-7-11/h4-8,20H,3H2,1-2H3,(H,17,19,21). The topological polar surface area (TPSA) is 58.0 Å². The number of aromatic nitrogens is 2. The highest BCUT2D eigenvalue weighted by molar-refractivity contribution is 7.71. The Kier molecular flexibility index (Phi) is 4.65. The third kappa shape index (κ3) is 3.25. The molecule has 0 aliphatic carbocycles. The first kappa shape index (κ1) is 15.5. The van der Waals surface area contributed by atoms with E-state index in [1.54, 1.807) is 30.3 Å². The van der Waals surface area contributed by atoms with Gasteiger partial charge in [-0.15, -0.1) is 0 Å². The normalized spacial score (nSPS) is 11.7. The second kappa shape index (κ2) is 6.28. The molecule has 1 heterocycles. The monoisotopic (exact) mass is 322 g/mol. The van der Waals surface area contributed by atoms with Crippen LogP contribution >= 0.6 is 23.8 Å². The van der Waals surface area contributed by atoms with Gasteiger partial charge in [-0.3, -0.25) is 14.3 Å². The Bertz CT molecular complexity index is 804. The number of allylic oxidation sites excluding steroid dienone is 1. The number of nitrogens with one attached hydrogen (secondary N) is 1. The Morgan fingerprint density at radius 3 is 2.62 bits per heavy atom. The number of benzene rings is 1. The summed E-state index contributed by atoms with van der Waals surface area (Å²) in [4.78, 5) is 14.6. The number of rotatable bonds is 3. The van der Waals surface area contributed by atoms with Crippen molar-refractivity contribution in [1.29, 1.82) is 0 Å². The van der Waals surface area contributed by atoms with Gasteiger partial charge in [-0.25, -0.2) is 0 Å². The van der Waals surface area contributed by atoms with Crippen LogP contribution in [0.2, 0.25) is 5.02 Å². The Morgan fingerprint density at radius 2 is 2.05 bits per heavy atom. The van der Waals surface area contributed by atoms with Crippen LogP contribution < -0.4 is 5.56 Å². The SMILES string of the molecule is CCC(C)=Cc1c(O)n(-c2ccc(Cl)cc2)c(=S)[nH]c1=O. The zero-order valence-corrected chi connectivity index (χ0v) is 13.3. The number of halogens is 1. The van der Waals surface area contributed by atoms with Gasteiger partial charge in [0.25, 0.3) is 5.56 Å². The highest BCUT2D eigenvalue weighted by Crippen LogP contribution is 2.22. The minimum absolute atomic E-state index is 0.131. The van der Waals surface area contributed by atoms with E-state index in [1.165, 1.54) is 4.57 Å². The highest BCUT2D eigenvalue weighted by atomic mass is 35.5. The lowest BCUT2D eigenvalue weighted by molar-refractivity contribution is 0.432. The molecule has 2 aromatic rings. The number of nitrogens with zero attached hydrogens (tertiary/aromatic N) is 1. The van der Waals surface area contributed by atoms with Crippen molar-refractivity contribution in [2.45, 2.75) is 20.3 Å². The molecule has 6 heteroatoms. The molecule has 4 nitrogen and oxygen atoms in total. The summed E-state index contributed by atoms with van der Waals surface area (Å²) in [7, 11) is 0. The second-order valence-corrected chi connectivity index (χ2v) is 5.48. The van der Waals surface area contributed by atoms with Crippen molar-refractivity contribution in [2.24, 2.45) is 0 Å². The van der Waals surface area contributed by atoms with Crippen molar-refractivity contribution in [3.05, 3.63) is 55.5 Å². The van der Waals surface area contributed by atoms with Crippen LogP contribution in [0.1, 0.15) is 25.8 Å². The molecule has 0 spiro atoms. The minimum Gasteiger partial charge on any atom is -0.494 e. The summed E-state index contributed by atoms with van der Waals surface area (Å²) in [5.74, 6) is -0.182. The van der Waals surface area contributed by atoms with E-state index in [9.17, 15) is 9.90 Å². The third-order valence-corrected chi connectivity index (χ3v) is 3.69. The molecule has 1 aromatic carbocycles. The van der Waals surface area contributed by atoms with Crippen LogP contribution in [0.25, 0.3) is 11.8 Å². The van der Waals surface area contributed by atoms with E-state index in [0.29, 0.717) is 10.7 Å². The van der Waals surface area contributed by atoms with Crippen LogP contribution in [0.3, 0.4) is 0 Å². The molecule has 0 unspecified atom stereocenters. The maximum Gasteiger partial charge on any atom is 0.262 e. The Labute approximate surface area is 132 Å². The van der Waals surface area contributed by atoms with Gasteiger partial charge in [0.15, 0.2) is 4.77 Å². The Hall–Kier alpha value is -1.85. The van der Waals surface area contributed by atoms with Gasteiger partial charge in [0.1, 0.15) is 5.56 Å². The van der Waals surface area contributed by atoms with Crippen LogP contribution in [0.15, 0.2) is 34.6 Å². The first-order valence-corrected chi connectivity index (χ1v) is 7.24. The fraction of sp³-hybridized carbons (Fsp3) is 0.200. The summed E-state index contributed by atoms with van der Waals surface area (Å²) in [6.45, 7) is 3.87. The average Bonchev–Trinajstić information content (AvgIpc) is 2.45. The molecule has 0 bridgehead atoms. The van der Waals surface area contributed by atoms with Crippen LogP contribution in [0.5, 0.6) is 5.88 Å². The second-order valence-electron chi connectivity index (χ2n) is 4.65. The van der Waals surface area contributed by atoms with E-state index in [-0.39, 0.29) is 16.2 Å². The Morgan fingerprint density at radius 1 is 1.43 bits per heavy atom. The number of aromatic hydroxyl groups is 1. The molecule has 1 aromatic heterocycles. The molecule has 21 heavy (non-hydrogen) atoms. The van der Waals surface area contributed by atoms with Crippen LogP contribution in [0.4, 0.5) is 0 Å². The average molecular weight is 323 g/mol. The number of H-pyrrole nitrogens is 1. The summed E-state index contributed by atoms with van der Waals surface area (Å²) in [5, 5.41) is 11.0. The first-order chi connectivity index (χ1) is 9.93. The van der Waals surface area contributed by atoms with Crippen molar-refractivity contribution in [1.82, 2.24) is 9.55 Å². The lowest BCUT2D eigenvalue weighted by Gasteiger charge is -2.11. The van der Waals surface area contributed by atoms with E-state index >= 15 is 0 Å². The molecule has 0 fully saturated rings. The summed E-state index contributed by atoms with van der Waals surface area (Å²) in [6, 6.07) is 6.82. The van der Waals surface area contributed by atoms with Gasteiger partial charge in [0.2, 0.25) is 5.88 Å². The molecule has 0 atom stereocenters. The molecule has 0 radical (unpaired) electrons. The fourth-order valence-electron chi connectivity index (χ4n) is 1.85. The first-order valence-electron chi connectivity index (χ1n) is 6.45. The molecule has 0 aliphatic rings. The van der Waals surface area contributed by atoms with Crippen molar-refractivity contribution in [3.8, 4) is 11.6 Å². The van der Waals surface area contributed by atoms with Crippen LogP contribution in [-0.4, -0.2) is 14.7 Å². The lowest BCUT2D eigenvalue weighted by Crippen LogP contribution is -2.16. The maximum absolute atomic E-state index is 12.0. The van der Waals surface area contributed by atoms with Crippen LogP contribution in [0, 0.1) is 4.77 Å². The zero-order chi connectivity index (χ0) is 15.6. The molecular formula is C15H15ClN2O2S. The van der Waals surface area contributed by atoms with E-state index in [4.69, 9.17) is 23.8 Å². The number of hydrogen-bond acceptors (Lipinski definition) is 3. The molecule has 0 amide bonds. The Balaban J connectivity index is 2.73. The van der Waals surface area contributed by atoms with Gasteiger partial charge in [0.05, 0.1) is 5.69 Å². The van der Waals surface area contributed by atoms with Gasteiger partial charge >= 0.3 is 0 Å². The zero-order valence-electron chi connectivity index (χ0n) is 11.7. The fourth-order valence-corrected chi connectivity index (χ4v) is 2.26. The third-order valence-electron chi connectivity index (χ3n) is 3.15. The molecule has 0 saturated heterocycles. The van der Waals surface area contributed by atoms with Gasteiger partial charge in [-0.05, 0) is 55.9 Å². The molecular weight excluding hydrogens is 308 g/mol. The minimum atomic E-state index is -0.407. The van der Waals surface area contributed by atoms with E-state index < -0.39 is 5.56 Å².